The van der Waals surface area contributed by atoms with Crippen LogP contribution in [-0.2, 0) is 12.8 Å². The molecule has 2 aliphatic rings. The van der Waals surface area contributed by atoms with Gasteiger partial charge in [0, 0.05) is 12.2 Å². The number of rotatable bonds is 1. The molecule has 20 heavy (non-hydrogen) atoms. The molecule has 1 aliphatic carbocycles. The van der Waals surface area contributed by atoms with Crippen LogP contribution in [0.3, 0.4) is 0 Å². The number of aryl methyl sites for hydroxylation is 1. The van der Waals surface area contributed by atoms with Crippen molar-refractivity contribution in [1.29, 1.82) is 0 Å². The predicted octanol–water partition coefficient (Wildman–Crippen LogP) is 3.83. The number of para-hydroxylation sites is 1. The van der Waals surface area contributed by atoms with Crippen molar-refractivity contribution >= 4 is 5.69 Å². The molecule has 4 rings (SSSR count). The average Bonchev–Trinajstić information content (AvgIpc) is 2.90. The van der Waals surface area contributed by atoms with Gasteiger partial charge in [-0.25, -0.2) is 0 Å². The van der Waals surface area contributed by atoms with Crippen LogP contribution in [0, 0.1) is 0 Å². The Morgan fingerprint density at radius 2 is 1.90 bits per heavy atom. The zero-order valence-corrected chi connectivity index (χ0v) is 11.5. The molecular weight excluding hydrogens is 246 g/mol. The van der Waals surface area contributed by atoms with Gasteiger partial charge in [0.15, 0.2) is 0 Å². The third-order valence-corrected chi connectivity index (χ3v) is 4.71. The van der Waals surface area contributed by atoms with E-state index in [-0.39, 0.29) is 0 Å². The average molecular weight is 265 g/mol. The molecule has 0 amide bonds. The summed E-state index contributed by atoms with van der Waals surface area (Å²) in [5.41, 5.74) is 5.57. The molecule has 1 aliphatic heterocycles. The Hall–Kier alpha value is -1.96. The number of phenols is 1. The van der Waals surface area contributed by atoms with Gasteiger partial charge in [-0.3, -0.25) is 0 Å². The lowest BCUT2D eigenvalue weighted by Crippen LogP contribution is -2.29. The van der Waals surface area contributed by atoms with Gasteiger partial charge in [-0.2, -0.15) is 0 Å². The fourth-order valence-electron chi connectivity index (χ4n) is 3.77. The molecule has 2 heteroatoms. The Labute approximate surface area is 119 Å². The van der Waals surface area contributed by atoms with Crippen molar-refractivity contribution in [2.45, 2.75) is 31.7 Å². The number of aromatic hydroxyl groups is 1. The maximum absolute atomic E-state index is 9.83. The van der Waals surface area contributed by atoms with Crippen LogP contribution < -0.4 is 4.90 Å². The summed E-state index contributed by atoms with van der Waals surface area (Å²) < 4.78 is 0. The second-order valence-corrected chi connectivity index (χ2v) is 5.86. The number of fused-ring (bicyclic) bond motifs is 2. The monoisotopic (exact) mass is 265 g/mol. The van der Waals surface area contributed by atoms with E-state index in [9.17, 15) is 5.11 Å². The molecule has 0 radical (unpaired) electrons. The molecule has 1 unspecified atom stereocenters. The Morgan fingerprint density at radius 3 is 2.85 bits per heavy atom. The first-order valence-electron chi connectivity index (χ1n) is 7.49. The summed E-state index contributed by atoms with van der Waals surface area (Å²) in [4.78, 5) is 2.53. The van der Waals surface area contributed by atoms with E-state index in [1.54, 1.807) is 0 Å². The lowest BCUT2D eigenvalue weighted by molar-refractivity contribution is 0.468. The third-order valence-electron chi connectivity index (χ3n) is 4.71. The van der Waals surface area contributed by atoms with Crippen LogP contribution in [0.15, 0.2) is 42.5 Å². The first kappa shape index (κ1) is 11.8. The molecule has 1 atom stereocenters. The van der Waals surface area contributed by atoms with Crippen LogP contribution >= 0.6 is 0 Å². The van der Waals surface area contributed by atoms with Crippen molar-refractivity contribution in [3.63, 3.8) is 0 Å². The Balaban J connectivity index is 1.77. The summed E-state index contributed by atoms with van der Waals surface area (Å²) in [6.45, 7) is 1.10. The maximum Gasteiger partial charge on any atom is 0.115 e. The van der Waals surface area contributed by atoms with Gasteiger partial charge in [0.2, 0.25) is 0 Å². The van der Waals surface area contributed by atoms with Crippen LogP contribution in [0.25, 0.3) is 0 Å². The van der Waals surface area contributed by atoms with E-state index in [1.165, 1.54) is 35.2 Å². The van der Waals surface area contributed by atoms with E-state index in [2.05, 4.69) is 35.2 Å². The lowest BCUT2D eigenvalue weighted by Gasteiger charge is -2.35. The molecule has 2 nitrogen and oxygen atoms in total. The molecule has 0 bridgehead atoms. The first-order chi connectivity index (χ1) is 9.83. The summed E-state index contributed by atoms with van der Waals surface area (Å²) in [6.07, 6.45) is 4.70. The normalized spacial score (nSPS) is 20.6. The van der Waals surface area contributed by atoms with Crippen molar-refractivity contribution in [2.24, 2.45) is 0 Å². The fraction of sp³-hybridized carbons (Fsp3) is 0.333. The summed E-state index contributed by atoms with van der Waals surface area (Å²) in [5, 5.41) is 9.83. The molecule has 1 N–H and O–H groups in total. The summed E-state index contributed by atoms with van der Waals surface area (Å²) >= 11 is 0. The van der Waals surface area contributed by atoms with E-state index in [1.807, 2.05) is 12.1 Å². The molecule has 2 aromatic carbocycles. The zero-order valence-electron chi connectivity index (χ0n) is 11.5. The highest BCUT2D eigenvalue weighted by atomic mass is 16.3. The highest BCUT2D eigenvalue weighted by Crippen LogP contribution is 2.41. The minimum Gasteiger partial charge on any atom is -0.508 e. The van der Waals surface area contributed by atoms with E-state index < -0.39 is 0 Å². The van der Waals surface area contributed by atoms with Crippen molar-refractivity contribution < 1.29 is 5.11 Å². The first-order valence-corrected chi connectivity index (χ1v) is 7.49. The smallest absolute Gasteiger partial charge is 0.115 e. The number of hydrogen-bond donors (Lipinski definition) is 1. The topological polar surface area (TPSA) is 23.5 Å². The minimum absolute atomic E-state index is 0.392. The zero-order chi connectivity index (χ0) is 13.5. The summed E-state index contributed by atoms with van der Waals surface area (Å²) in [6, 6.07) is 15.0. The van der Waals surface area contributed by atoms with E-state index in [0.717, 1.165) is 19.4 Å². The molecule has 0 spiro atoms. The standard InChI is InChI=1S/C18H19NO/c20-15-9-8-13-5-3-7-18(16(13)12-15)19-11-10-14-4-1-2-6-17(14)19/h1-2,4,6,8-9,12,18,20H,3,5,7,10-11H2. The number of anilines is 1. The second kappa shape index (κ2) is 4.55. The van der Waals surface area contributed by atoms with Crippen LogP contribution in [-0.4, -0.2) is 11.7 Å². The van der Waals surface area contributed by atoms with Crippen molar-refractivity contribution in [1.82, 2.24) is 0 Å². The molecule has 102 valence electrons. The predicted molar refractivity (Wildman–Crippen MR) is 81.3 cm³/mol. The van der Waals surface area contributed by atoms with E-state index in [0.29, 0.717) is 11.8 Å². The van der Waals surface area contributed by atoms with Crippen molar-refractivity contribution in [3.05, 3.63) is 59.2 Å². The Kier molecular flexibility index (Phi) is 2.69. The molecule has 0 saturated carbocycles. The summed E-state index contributed by atoms with van der Waals surface area (Å²) in [7, 11) is 0. The van der Waals surface area contributed by atoms with Crippen LogP contribution in [0.5, 0.6) is 5.75 Å². The Morgan fingerprint density at radius 1 is 1.00 bits per heavy atom. The van der Waals surface area contributed by atoms with Crippen LogP contribution in [0.2, 0.25) is 0 Å². The van der Waals surface area contributed by atoms with Gasteiger partial charge in [-0.05, 0) is 60.6 Å². The molecule has 0 saturated heterocycles. The number of hydrogen-bond acceptors (Lipinski definition) is 2. The van der Waals surface area contributed by atoms with Gasteiger partial charge in [0.05, 0.1) is 6.04 Å². The highest BCUT2D eigenvalue weighted by Gasteiger charge is 2.30. The fourth-order valence-corrected chi connectivity index (χ4v) is 3.77. The summed E-state index contributed by atoms with van der Waals surface area (Å²) in [5.74, 6) is 0.392. The second-order valence-electron chi connectivity index (χ2n) is 5.86. The number of nitrogens with zero attached hydrogens (tertiary/aromatic N) is 1. The molecule has 0 fully saturated rings. The van der Waals surface area contributed by atoms with Crippen LogP contribution in [0.4, 0.5) is 5.69 Å². The van der Waals surface area contributed by atoms with Gasteiger partial charge >= 0.3 is 0 Å². The maximum atomic E-state index is 9.83. The molecule has 1 heterocycles. The molecule has 0 aromatic heterocycles. The largest absolute Gasteiger partial charge is 0.508 e. The quantitative estimate of drug-likeness (QED) is 0.847. The molecule has 2 aromatic rings. The van der Waals surface area contributed by atoms with E-state index >= 15 is 0 Å². The van der Waals surface area contributed by atoms with Crippen LogP contribution in [0.1, 0.15) is 35.6 Å². The van der Waals surface area contributed by atoms with Gasteiger partial charge in [0.25, 0.3) is 0 Å². The van der Waals surface area contributed by atoms with Gasteiger partial charge < -0.3 is 10.0 Å². The van der Waals surface area contributed by atoms with Gasteiger partial charge in [-0.15, -0.1) is 0 Å². The van der Waals surface area contributed by atoms with E-state index in [4.69, 9.17) is 0 Å². The van der Waals surface area contributed by atoms with Crippen molar-refractivity contribution in [3.8, 4) is 5.75 Å². The Bertz CT molecular complexity index is 650. The molecular formula is C18H19NO. The van der Waals surface area contributed by atoms with Gasteiger partial charge in [0.1, 0.15) is 5.75 Å². The van der Waals surface area contributed by atoms with Crippen molar-refractivity contribution in [2.75, 3.05) is 11.4 Å². The third kappa shape index (κ3) is 1.79. The number of phenolic OH excluding ortho intramolecular Hbond substituents is 1. The SMILES string of the molecule is Oc1ccc2c(c1)C(N1CCc3ccccc31)CCC2. The number of benzene rings is 2. The van der Waals surface area contributed by atoms with Gasteiger partial charge in [-0.1, -0.05) is 24.3 Å². The lowest BCUT2D eigenvalue weighted by atomic mass is 9.86. The minimum atomic E-state index is 0.392. The highest BCUT2D eigenvalue weighted by molar-refractivity contribution is 5.60.